The van der Waals surface area contributed by atoms with Gasteiger partial charge in [-0.3, -0.25) is 0 Å². The number of nitrogens with zero attached hydrogens (tertiary/aromatic N) is 1. The maximum Gasteiger partial charge on any atom is 0.416 e. The van der Waals surface area contributed by atoms with Crippen LogP contribution in [0.15, 0.2) is 29.2 Å². The highest BCUT2D eigenvalue weighted by Gasteiger charge is 2.30. The van der Waals surface area contributed by atoms with Gasteiger partial charge >= 0.3 is 11.9 Å². The Kier molecular flexibility index (Phi) is 1.99. The van der Waals surface area contributed by atoms with E-state index in [1.165, 1.54) is 12.3 Å². The summed E-state index contributed by atoms with van der Waals surface area (Å²) in [5.74, 6) is 0. The molecule has 0 unspecified atom stereocenters. The van der Waals surface area contributed by atoms with Crippen molar-refractivity contribution >= 4 is 10.9 Å². The average Bonchev–Trinajstić information content (AvgIpc) is 2.15. The summed E-state index contributed by atoms with van der Waals surface area (Å²) in [4.78, 5) is 16.4. The second-order valence-electron chi connectivity index (χ2n) is 2.99. The Morgan fingerprint density at radius 2 is 2.00 bits per heavy atom. The van der Waals surface area contributed by atoms with Gasteiger partial charge in [0.2, 0.25) is 0 Å². The Balaban J connectivity index is 2.70. The SMILES string of the molecule is O=c1ncc2ccc(C(F)(F)F)cc2[nH]1. The van der Waals surface area contributed by atoms with Crippen LogP contribution in [0.5, 0.6) is 0 Å². The van der Waals surface area contributed by atoms with E-state index < -0.39 is 17.4 Å². The molecule has 0 fully saturated rings. The zero-order chi connectivity index (χ0) is 11.1. The number of hydrogen-bond donors (Lipinski definition) is 1. The van der Waals surface area contributed by atoms with E-state index in [9.17, 15) is 18.0 Å². The van der Waals surface area contributed by atoms with Gasteiger partial charge in [-0.25, -0.2) is 9.78 Å². The van der Waals surface area contributed by atoms with E-state index in [-0.39, 0.29) is 5.52 Å². The van der Waals surface area contributed by atoms with Gasteiger partial charge < -0.3 is 4.98 Å². The maximum atomic E-state index is 12.3. The van der Waals surface area contributed by atoms with Crippen molar-refractivity contribution in [3.05, 3.63) is 40.4 Å². The van der Waals surface area contributed by atoms with Gasteiger partial charge in [-0.05, 0) is 12.1 Å². The van der Waals surface area contributed by atoms with Gasteiger partial charge in [-0.1, -0.05) is 6.07 Å². The van der Waals surface area contributed by atoms with Crippen molar-refractivity contribution in [2.75, 3.05) is 0 Å². The Hall–Kier alpha value is -1.85. The summed E-state index contributed by atoms with van der Waals surface area (Å²) < 4.78 is 36.9. The van der Waals surface area contributed by atoms with Crippen LogP contribution >= 0.6 is 0 Å². The van der Waals surface area contributed by atoms with Crippen LogP contribution in [0.25, 0.3) is 10.9 Å². The quantitative estimate of drug-likeness (QED) is 0.728. The standard InChI is InChI=1S/C9H5F3N2O/c10-9(11,12)6-2-1-5-4-13-8(15)14-7(5)3-6/h1-4H,(H,13,14,15). The van der Waals surface area contributed by atoms with Crippen molar-refractivity contribution in [1.82, 2.24) is 9.97 Å². The average molecular weight is 214 g/mol. The van der Waals surface area contributed by atoms with Gasteiger partial charge in [0.25, 0.3) is 0 Å². The molecule has 0 aliphatic heterocycles. The number of H-pyrrole nitrogens is 1. The van der Waals surface area contributed by atoms with Gasteiger partial charge in [0.05, 0.1) is 11.1 Å². The first kappa shape index (κ1) is 9.70. The first-order valence-corrected chi connectivity index (χ1v) is 4.03. The highest BCUT2D eigenvalue weighted by molar-refractivity contribution is 5.78. The molecule has 1 heterocycles. The highest BCUT2D eigenvalue weighted by Crippen LogP contribution is 2.30. The van der Waals surface area contributed by atoms with Gasteiger partial charge in [-0.2, -0.15) is 13.2 Å². The summed E-state index contributed by atoms with van der Waals surface area (Å²) in [5.41, 5.74) is -1.33. The normalized spacial score (nSPS) is 11.9. The summed E-state index contributed by atoms with van der Waals surface area (Å²) in [6.07, 6.45) is -3.18. The van der Waals surface area contributed by atoms with E-state index in [1.54, 1.807) is 0 Å². The van der Waals surface area contributed by atoms with Gasteiger partial charge in [0.15, 0.2) is 0 Å². The lowest BCUT2D eigenvalue weighted by molar-refractivity contribution is -0.137. The van der Waals surface area contributed by atoms with Gasteiger partial charge in [0.1, 0.15) is 0 Å². The third-order valence-electron chi connectivity index (χ3n) is 1.94. The van der Waals surface area contributed by atoms with E-state index in [2.05, 4.69) is 9.97 Å². The van der Waals surface area contributed by atoms with Crippen LogP contribution in [0, 0.1) is 0 Å². The number of aromatic nitrogens is 2. The molecule has 3 nitrogen and oxygen atoms in total. The molecule has 6 heteroatoms. The number of halogens is 3. The first-order chi connectivity index (χ1) is 6.97. The molecular formula is C9H5F3N2O. The Morgan fingerprint density at radius 1 is 1.27 bits per heavy atom. The summed E-state index contributed by atoms with van der Waals surface area (Å²) in [7, 11) is 0. The molecule has 78 valence electrons. The molecule has 0 saturated heterocycles. The molecule has 0 atom stereocenters. The topological polar surface area (TPSA) is 45.8 Å². The highest BCUT2D eigenvalue weighted by atomic mass is 19.4. The van der Waals surface area contributed by atoms with E-state index in [0.717, 1.165) is 12.1 Å². The predicted octanol–water partition coefficient (Wildman–Crippen LogP) is 1.94. The third-order valence-corrected chi connectivity index (χ3v) is 1.94. The lowest BCUT2D eigenvalue weighted by atomic mass is 10.1. The van der Waals surface area contributed by atoms with E-state index in [0.29, 0.717) is 5.39 Å². The molecule has 0 bridgehead atoms. The third kappa shape index (κ3) is 1.83. The molecule has 0 saturated carbocycles. The number of aromatic amines is 1. The lowest BCUT2D eigenvalue weighted by Gasteiger charge is -2.06. The molecule has 1 aromatic carbocycles. The summed E-state index contributed by atoms with van der Waals surface area (Å²) >= 11 is 0. The second kappa shape index (κ2) is 3.08. The Labute approximate surface area is 81.6 Å². The lowest BCUT2D eigenvalue weighted by Crippen LogP contribution is -2.10. The number of hydrogen-bond acceptors (Lipinski definition) is 2. The number of fused-ring (bicyclic) bond motifs is 1. The van der Waals surface area contributed by atoms with Crippen molar-refractivity contribution in [1.29, 1.82) is 0 Å². The van der Waals surface area contributed by atoms with Crippen LogP contribution in [0.3, 0.4) is 0 Å². The van der Waals surface area contributed by atoms with E-state index in [4.69, 9.17) is 0 Å². The predicted molar refractivity (Wildman–Crippen MR) is 47.4 cm³/mol. The summed E-state index contributed by atoms with van der Waals surface area (Å²) in [5, 5.41) is 0.461. The Morgan fingerprint density at radius 3 is 2.67 bits per heavy atom. The number of benzene rings is 1. The number of alkyl halides is 3. The molecule has 0 aliphatic carbocycles. The zero-order valence-electron chi connectivity index (χ0n) is 7.30. The minimum absolute atomic E-state index is 0.129. The zero-order valence-corrected chi connectivity index (χ0v) is 7.30. The number of rotatable bonds is 0. The molecule has 0 aliphatic rings. The summed E-state index contributed by atoms with van der Waals surface area (Å²) in [6, 6.07) is 3.10. The fourth-order valence-corrected chi connectivity index (χ4v) is 1.23. The maximum absolute atomic E-state index is 12.3. The molecule has 0 radical (unpaired) electrons. The van der Waals surface area contributed by atoms with Crippen LogP contribution in [0.4, 0.5) is 13.2 Å². The molecule has 1 N–H and O–H groups in total. The Bertz CT molecular complexity index is 559. The molecule has 15 heavy (non-hydrogen) atoms. The number of nitrogens with one attached hydrogen (secondary N) is 1. The van der Waals surface area contributed by atoms with Crippen LogP contribution in [-0.2, 0) is 6.18 Å². The largest absolute Gasteiger partial charge is 0.416 e. The molecule has 1 aromatic heterocycles. The molecule has 2 rings (SSSR count). The van der Waals surface area contributed by atoms with Crippen molar-refractivity contribution < 1.29 is 13.2 Å². The molecule has 0 spiro atoms. The van der Waals surface area contributed by atoms with Crippen molar-refractivity contribution in [2.45, 2.75) is 6.18 Å². The van der Waals surface area contributed by atoms with E-state index in [1.807, 2.05) is 0 Å². The van der Waals surface area contributed by atoms with Crippen LogP contribution in [0.2, 0.25) is 0 Å². The van der Waals surface area contributed by atoms with Crippen LogP contribution in [-0.4, -0.2) is 9.97 Å². The fourth-order valence-electron chi connectivity index (χ4n) is 1.23. The smallest absolute Gasteiger partial charge is 0.305 e. The van der Waals surface area contributed by atoms with Crippen molar-refractivity contribution in [3.8, 4) is 0 Å². The van der Waals surface area contributed by atoms with E-state index >= 15 is 0 Å². The molecule has 0 amide bonds. The van der Waals surface area contributed by atoms with Crippen molar-refractivity contribution in [2.24, 2.45) is 0 Å². The molecular weight excluding hydrogens is 209 g/mol. The first-order valence-electron chi connectivity index (χ1n) is 4.03. The minimum Gasteiger partial charge on any atom is -0.305 e. The van der Waals surface area contributed by atoms with Gasteiger partial charge in [0, 0.05) is 11.6 Å². The molecule has 2 aromatic rings. The van der Waals surface area contributed by atoms with Gasteiger partial charge in [-0.15, -0.1) is 0 Å². The second-order valence-corrected chi connectivity index (χ2v) is 2.99. The monoisotopic (exact) mass is 214 g/mol. The summed E-state index contributed by atoms with van der Waals surface area (Å²) in [6.45, 7) is 0. The van der Waals surface area contributed by atoms with Crippen LogP contribution in [0.1, 0.15) is 5.56 Å². The van der Waals surface area contributed by atoms with Crippen molar-refractivity contribution in [3.63, 3.8) is 0 Å². The fraction of sp³-hybridized carbons (Fsp3) is 0.111. The van der Waals surface area contributed by atoms with Crippen LogP contribution < -0.4 is 5.69 Å². The minimum atomic E-state index is -4.41.